The van der Waals surface area contributed by atoms with Gasteiger partial charge in [-0.1, -0.05) is 95.0 Å². The van der Waals surface area contributed by atoms with Crippen LogP contribution in [0, 0.1) is 0 Å². The van der Waals surface area contributed by atoms with Gasteiger partial charge in [0.25, 0.3) is 0 Å². The standard InChI is InChI=1S/C27H44O5/c1-3-4-5-6-7-8-9-13-18-25(31-22-24-16-11-10-12-17-24)19-14-15-20-26(21-27(29)30)32-23(2)28/h10-12,16-17,25-26H,3-9,13-15,18-22H2,1-2H3,(H,29,30). The lowest BCUT2D eigenvalue weighted by molar-refractivity contribution is -0.151. The molecule has 5 heteroatoms. The highest BCUT2D eigenvalue weighted by atomic mass is 16.5. The molecule has 182 valence electrons. The molecule has 0 aliphatic carbocycles. The van der Waals surface area contributed by atoms with Gasteiger partial charge in [0.1, 0.15) is 6.10 Å². The predicted octanol–water partition coefficient (Wildman–Crippen LogP) is 7.07. The van der Waals surface area contributed by atoms with Gasteiger partial charge in [-0.2, -0.15) is 0 Å². The van der Waals surface area contributed by atoms with Crippen molar-refractivity contribution in [2.24, 2.45) is 0 Å². The molecule has 2 unspecified atom stereocenters. The Morgan fingerprint density at radius 3 is 1.91 bits per heavy atom. The van der Waals surface area contributed by atoms with Gasteiger partial charge in [-0.25, -0.2) is 0 Å². The summed E-state index contributed by atoms with van der Waals surface area (Å²) in [6, 6.07) is 10.2. The van der Waals surface area contributed by atoms with Crippen molar-refractivity contribution < 1.29 is 24.2 Å². The number of carbonyl (C=O) groups is 2. The number of rotatable bonds is 20. The van der Waals surface area contributed by atoms with Gasteiger partial charge in [0.2, 0.25) is 0 Å². The van der Waals surface area contributed by atoms with Crippen LogP contribution in [0.5, 0.6) is 0 Å². The van der Waals surface area contributed by atoms with Gasteiger partial charge in [0.05, 0.1) is 19.1 Å². The zero-order valence-electron chi connectivity index (χ0n) is 20.2. The van der Waals surface area contributed by atoms with Crippen LogP contribution in [0.25, 0.3) is 0 Å². The molecule has 0 amide bonds. The Morgan fingerprint density at radius 1 is 0.812 bits per heavy atom. The quantitative estimate of drug-likeness (QED) is 0.171. The molecule has 0 saturated carbocycles. The van der Waals surface area contributed by atoms with Gasteiger partial charge in [0, 0.05) is 6.92 Å². The molecule has 1 aromatic carbocycles. The van der Waals surface area contributed by atoms with E-state index < -0.39 is 18.0 Å². The molecule has 32 heavy (non-hydrogen) atoms. The zero-order valence-corrected chi connectivity index (χ0v) is 20.2. The summed E-state index contributed by atoms with van der Waals surface area (Å²) in [5.74, 6) is -1.36. The van der Waals surface area contributed by atoms with Gasteiger partial charge < -0.3 is 14.6 Å². The molecule has 0 fully saturated rings. The van der Waals surface area contributed by atoms with E-state index in [1.807, 2.05) is 18.2 Å². The van der Waals surface area contributed by atoms with Crippen LogP contribution >= 0.6 is 0 Å². The first-order valence-corrected chi connectivity index (χ1v) is 12.6. The highest BCUT2D eigenvalue weighted by molar-refractivity contribution is 5.69. The number of ether oxygens (including phenoxy) is 2. The third kappa shape index (κ3) is 15.9. The van der Waals surface area contributed by atoms with E-state index in [0.29, 0.717) is 13.0 Å². The van der Waals surface area contributed by atoms with Crippen molar-refractivity contribution in [3.63, 3.8) is 0 Å². The number of hydrogen-bond donors (Lipinski definition) is 1. The van der Waals surface area contributed by atoms with Crippen LogP contribution in [0.3, 0.4) is 0 Å². The maximum atomic E-state index is 11.2. The minimum atomic E-state index is -0.935. The monoisotopic (exact) mass is 448 g/mol. The van der Waals surface area contributed by atoms with Crippen molar-refractivity contribution in [1.82, 2.24) is 0 Å². The Bertz CT molecular complexity index is 585. The molecule has 1 N–H and O–H groups in total. The maximum Gasteiger partial charge on any atom is 0.307 e. The van der Waals surface area contributed by atoms with Crippen molar-refractivity contribution >= 4 is 11.9 Å². The van der Waals surface area contributed by atoms with Crippen molar-refractivity contribution in [2.45, 2.75) is 123 Å². The third-order valence-electron chi connectivity index (χ3n) is 5.75. The van der Waals surface area contributed by atoms with Crippen LogP contribution in [0.15, 0.2) is 30.3 Å². The second kappa shape index (κ2) is 18.7. The topological polar surface area (TPSA) is 72.8 Å². The van der Waals surface area contributed by atoms with Crippen LogP contribution in [0.1, 0.15) is 109 Å². The molecular weight excluding hydrogens is 404 g/mol. The Morgan fingerprint density at radius 2 is 1.34 bits per heavy atom. The van der Waals surface area contributed by atoms with Crippen molar-refractivity contribution in [2.75, 3.05) is 0 Å². The van der Waals surface area contributed by atoms with E-state index in [0.717, 1.165) is 25.7 Å². The van der Waals surface area contributed by atoms with Crippen molar-refractivity contribution in [3.8, 4) is 0 Å². The number of carboxylic acids is 1. The average molecular weight is 449 g/mol. The lowest BCUT2D eigenvalue weighted by atomic mass is 10.0. The van der Waals surface area contributed by atoms with E-state index in [-0.39, 0.29) is 12.5 Å². The molecule has 0 spiro atoms. The van der Waals surface area contributed by atoms with Crippen molar-refractivity contribution in [3.05, 3.63) is 35.9 Å². The first-order valence-electron chi connectivity index (χ1n) is 12.6. The zero-order chi connectivity index (χ0) is 23.4. The Balaban J connectivity index is 2.37. The van der Waals surface area contributed by atoms with Gasteiger partial charge in [-0.3, -0.25) is 9.59 Å². The lowest BCUT2D eigenvalue weighted by Gasteiger charge is -2.19. The molecule has 0 aromatic heterocycles. The molecule has 0 radical (unpaired) electrons. The molecule has 0 heterocycles. The van der Waals surface area contributed by atoms with Gasteiger partial charge in [-0.05, 0) is 31.2 Å². The van der Waals surface area contributed by atoms with Crippen LogP contribution in [-0.2, 0) is 25.7 Å². The molecule has 2 atom stereocenters. The largest absolute Gasteiger partial charge is 0.481 e. The number of benzene rings is 1. The summed E-state index contributed by atoms with van der Waals surface area (Å²) >= 11 is 0. The highest BCUT2D eigenvalue weighted by Gasteiger charge is 2.17. The fraction of sp³-hybridized carbons (Fsp3) is 0.704. The Hall–Kier alpha value is -1.88. The number of hydrogen-bond acceptors (Lipinski definition) is 4. The molecule has 1 aromatic rings. The summed E-state index contributed by atoms with van der Waals surface area (Å²) in [6.07, 6.45) is 14.3. The number of unbranched alkanes of at least 4 members (excludes halogenated alkanes) is 8. The predicted molar refractivity (Wildman–Crippen MR) is 129 cm³/mol. The summed E-state index contributed by atoms with van der Waals surface area (Å²) in [5, 5.41) is 9.01. The second-order valence-corrected chi connectivity index (χ2v) is 8.80. The smallest absolute Gasteiger partial charge is 0.307 e. The number of esters is 1. The summed E-state index contributed by atoms with van der Waals surface area (Å²) in [7, 11) is 0. The van der Waals surface area contributed by atoms with Crippen LogP contribution in [-0.4, -0.2) is 29.3 Å². The van der Waals surface area contributed by atoms with E-state index in [2.05, 4.69) is 19.1 Å². The van der Waals surface area contributed by atoms with Gasteiger partial charge in [-0.15, -0.1) is 0 Å². The molecular formula is C27H44O5. The van der Waals surface area contributed by atoms with Gasteiger partial charge >= 0.3 is 11.9 Å². The molecule has 0 saturated heterocycles. The first kappa shape index (κ1) is 28.2. The molecule has 0 aliphatic heterocycles. The lowest BCUT2D eigenvalue weighted by Crippen LogP contribution is -2.20. The normalized spacial score (nSPS) is 12.9. The minimum Gasteiger partial charge on any atom is -0.481 e. The van der Waals surface area contributed by atoms with E-state index in [4.69, 9.17) is 14.6 Å². The summed E-state index contributed by atoms with van der Waals surface area (Å²) < 4.78 is 11.4. The fourth-order valence-electron chi connectivity index (χ4n) is 3.98. The molecule has 0 aliphatic rings. The van der Waals surface area contributed by atoms with Crippen molar-refractivity contribution in [1.29, 1.82) is 0 Å². The van der Waals surface area contributed by atoms with Crippen LogP contribution < -0.4 is 0 Å². The molecule has 1 rings (SSSR count). The SMILES string of the molecule is CCCCCCCCCCC(CCCCC(CC(=O)O)OC(C)=O)OCc1ccccc1. The minimum absolute atomic E-state index is 0.133. The van der Waals surface area contributed by atoms with Gasteiger partial charge in [0.15, 0.2) is 0 Å². The summed E-state index contributed by atoms with van der Waals surface area (Å²) in [4.78, 5) is 22.2. The Kier molecular flexibility index (Phi) is 16.4. The van der Waals surface area contributed by atoms with E-state index in [1.54, 1.807) is 0 Å². The maximum absolute atomic E-state index is 11.2. The van der Waals surface area contributed by atoms with E-state index >= 15 is 0 Å². The number of carboxylic acid groups (broad SMARTS) is 1. The van der Waals surface area contributed by atoms with Crippen LogP contribution in [0.4, 0.5) is 0 Å². The fourth-order valence-corrected chi connectivity index (χ4v) is 3.98. The average Bonchev–Trinajstić information content (AvgIpc) is 2.76. The molecule has 5 nitrogen and oxygen atoms in total. The van der Waals surface area contributed by atoms with E-state index in [9.17, 15) is 9.59 Å². The first-order chi connectivity index (χ1) is 15.5. The third-order valence-corrected chi connectivity index (χ3v) is 5.75. The van der Waals surface area contributed by atoms with Crippen LogP contribution in [0.2, 0.25) is 0 Å². The highest BCUT2D eigenvalue weighted by Crippen LogP contribution is 2.19. The Labute approximate surface area is 194 Å². The number of aliphatic carboxylic acids is 1. The molecule has 0 bridgehead atoms. The summed E-state index contributed by atoms with van der Waals surface area (Å²) in [5.41, 5.74) is 1.19. The summed E-state index contributed by atoms with van der Waals surface area (Å²) in [6.45, 7) is 4.20. The van der Waals surface area contributed by atoms with E-state index in [1.165, 1.54) is 63.9 Å². The number of carbonyl (C=O) groups excluding carboxylic acids is 1. The second-order valence-electron chi connectivity index (χ2n) is 8.80.